The van der Waals surface area contributed by atoms with Crippen LogP contribution in [0.15, 0.2) is 0 Å². The number of aromatic nitrogens is 2. The first-order valence-corrected chi connectivity index (χ1v) is 6.29. The van der Waals surface area contributed by atoms with Gasteiger partial charge < -0.3 is 5.43 Å². The summed E-state index contributed by atoms with van der Waals surface area (Å²) in [6, 6.07) is 0. The summed E-state index contributed by atoms with van der Waals surface area (Å²) in [6.07, 6.45) is 2.01. The molecule has 0 aliphatic carbocycles. The van der Waals surface area contributed by atoms with Crippen LogP contribution in [0.4, 0.5) is 5.82 Å². The lowest BCUT2D eigenvalue weighted by Crippen LogP contribution is -2.16. The molecule has 0 aliphatic rings. The minimum atomic E-state index is 0.375. The summed E-state index contributed by atoms with van der Waals surface area (Å²) >= 11 is 0. The second-order valence-corrected chi connectivity index (χ2v) is 5.22. The van der Waals surface area contributed by atoms with Crippen molar-refractivity contribution in [1.82, 2.24) is 9.97 Å². The second-order valence-electron chi connectivity index (χ2n) is 5.22. The van der Waals surface area contributed by atoms with E-state index in [1.54, 1.807) is 0 Å². The second kappa shape index (κ2) is 5.96. The Labute approximate surface area is 104 Å². The molecule has 0 aliphatic heterocycles. The number of rotatable bonds is 5. The summed E-state index contributed by atoms with van der Waals surface area (Å²) in [6.45, 7) is 10.7. The molecule has 0 saturated heterocycles. The van der Waals surface area contributed by atoms with E-state index in [2.05, 4.69) is 43.1 Å². The Balaban J connectivity index is 3.00. The third-order valence-corrected chi connectivity index (χ3v) is 2.84. The smallest absolute Gasteiger partial charge is 0.147 e. The maximum Gasteiger partial charge on any atom is 0.147 e. The van der Waals surface area contributed by atoms with Crippen molar-refractivity contribution in [2.24, 2.45) is 11.8 Å². The average Bonchev–Trinajstić information content (AvgIpc) is 2.24. The Hall–Kier alpha value is -1.16. The van der Waals surface area contributed by atoms with Gasteiger partial charge in [0.2, 0.25) is 0 Å². The highest BCUT2D eigenvalue weighted by Gasteiger charge is 2.14. The number of hydrazine groups is 1. The highest BCUT2D eigenvalue weighted by molar-refractivity contribution is 5.47. The minimum Gasteiger partial charge on any atom is -0.308 e. The van der Waals surface area contributed by atoms with Crippen LogP contribution in [0.5, 0.6) is 0 Å². The summed E-state index contributed by atoms with van der Waals surface area (Å²) in [5, 5.41) is 0. The van der Waals surface area contributed by atoms with Gasteiger partial charge in [-0.25, -0.2) is 15.8 Å². The van der Waals surface area contributed by atoms with Gasteiger partial charge in [-0.05, 0) is 25.2 Å². The lowest BCUT2D eigenvalue weighted by molar-refractivity contribution is 0.573. The zero-order chi connectivity index (χ0) is 13.0. The Morgan fingerprint density at radius 1 is 1.18 bits per heavy atom. The molecule has 0 fully saturated rings. The van der Waals surface area contributed by atoms with Crippen LogP contribution in [0, 0.1) is 12.8 Å². The van der Waals surface area contributed by atoms with Crippen LogP contribution in [0.25, 0.3) is 0 Å². The molecular weight excluding hydrogens is 212 g/mol. The molecule has 1 aromatic heterocycles. The third kappa shape index (κ3) is 3.66. The van der Waals surface area contributed by atoms with Gasteiger partial charge in [0.15, 0.2) is 0 Å². The molecule has 17 heavy (non-hydrogen) atoms. The fourth-order valence-electron chi connectivity index (χ4n) is 1.97. The van der Waals surface area contributed by atoms with Gasteiger partial charge in [-0.2, -0.15) is 0 Å². The predicted molar refractivity (Wildman–Crippen MR) is 71.8 cm³/mol. The standard InChI is InChI=1S/C13H24N4/c1-8(2)6-7-11-15-10(5)12(9(3)4)13(16-11)17-14/h8-9H,6-7,14H2,1-5H3,(H,15,16,17). The van der Waals surface area contributed by atoms with E-state index in [0.717, 1.165) is 35.7 Å². The number of nitrogens with zero attached hydrogens (tertiary/aromatic N) is 2. The molecule has 0 radical (unpaired) electrons. The number of nitrogens with one attached hydrogen (secondary N) is 1. The van der Waals surface area contributed by atoms with E-state index < -0.39 is 0 Å². The number of anilines is 1. The van der Waals surface area contributed by atoms with E-state index >= 15 is 0 Å². The maximum absolute atomic E-state index is 5.54. The van der Waals surface area contributed by atoms with Crippen LogP contribution >= 0.6 is 0 Å². The van der Waals surface area contributed by atoms with E-state index in [-0.39, 0.29) is 0 Å². The lowest BCUT2D eigenvalue weighted by Gasteiger charge is -2.15. The summed E-state index contributed by atoms with van der Waals surface area (Å²) in [5.41, 5.74) is 4.84. The van der Waals surface area contributed by atoms with Crippen LogP contribution in [-0.2, 0) is 6.42 Å². The van der Waals surface area contributed by atoms with Crippen LogP contribution in [0.1, 0.15) is 57.1 Å². The van der Waals surface area contributed by atoms with E-state index in [9.17, 15) is 0 Å². The van der Waals surface area contributed by atoms with Gasteiger partial charge in [-0.15, -0.1) is 0 Å². The predicted octanol–water partition coefficient (Wildman–Crippen LogP) is 2.78. The number of hydrogen-bond acceptors (Lipinski definition) is 4. The molecule has 0 atom stereocenters. The first kappa shape index (κ1) is 13.9. The monoisotopic (exact) mass is 236 g/mol. The lowest BCUT2D eigenvalue weighted by atomic mass is 10.0. The normalized spacial score (nSPS) is 11.3. The molecule has 1 rings (SSSR count). The van der Waals surface area contributed by atoms with Crippen molar-refractivity contribution in [2.75, 3.05) is 5.43 Å². The zero-order valence-corrected chi connectivity index (χ0v) is 11.5. The van der Waals surface area contributed by atoms with E-state index in [1.807, 2.05) is 6.92 Å². The third-order valence-electron chi connectivity index (χ3n) is 2.84. The van der Waals surface area contributed by atoms with E-state index in [0.29, 0.717) is 11.8 Å². The molecule has 96 valence electrons. The number of aryl methyl sites for hydroxylation is 2. The SMILES string of the molecule is Cc1nc(CCC(C)C)nc(NN)c1C(C)C. The highest BCUT2D eigenvalue weighted by Crippen LogP contribution is 2.24. The summed E-state index contributed by atoms with van der Waals surface area (Å²) in [5.74, 6) is 8.23. The molecule has 1 aromatic rings. The Bertz CT molecular complexity index is 372. The van der Waals surface area contributed by atoms with Crippen molar-refractivity contribution in [3.63, 3.8) is 0 Å². The van der Waals surface area contributed by atoms with Gasteiger partial charge in [-0.3, -0.25) is 0 Å². The van der Waals surface area contributed by atoms with Gasteiger partial charge in [0.25, 0.3) is 0 Å². The molecule has 0 saturated carbocycles. The van der Waals surface area contributed by atoms with Crippen LogP contribution in [0.3, 0.4) is 0 Å². The van der Waals surface area contributed by atoms with Crippen LogP contribution in [0.2, 0.25) is 0 Å². The summed E-state index contributed by atoms with van der Waals surface area (Å²) in [4.78, 5) is 9.07. The van der Waals surface area contributed by atoms with E-state index in [1.165, 1.54) is 0 Å². The number of nitrogen functional groups attached to an aromatic ring is 1. The minimum absolute atomic E-state index is 0.375. The summed E-state index contributed by atoms with van der Waals surface area (Å²) in [7, 11) is 0. The van der Waals surface area contributed by atoms with Crippen molar-refractivity contribution in [1.29, 1.82) is 0 Å². The van der Waals surface area contributed by atoms with E-state index in [4.69, 9.17) is 5.84 Å². The quantitative estimate of drug-likeness (QED) is 0.609. The summed E-state index contributed by atoms with van der Waals surface area (Å²) < 4.78 is 0. The molecular formula is C13H24N4. The first-order chi connectivity index (χ1) is 7.95. The molecule has 3 N–H and O–H groups in total. The van der Waals surface area contributed by atoms with Gasteiger partial charge in [0, 0.05) is 17.7 Å². The molecule has 0 aromatic carbocycles. The fraction of sp³-hybridized carbons (Fsp3) is 0.692. The number of nitrogens with two attached hydrogens (primary N) is 1. The number of hydrogen-bond donors (Lipinski definition) is 2. The van der Waals surface area contributed by atoms with Gasteiger partial charge in [0.05, 0.1) is 0 Å². The Morgan fingerprint density at radius 3 is 2.29 bits per heavy atom. The molecule has 1 heterocycles. The van der Waals surface area contributed by atoms with Crippen LogP contribution < -0.4 is 11.3 Å². The van der Waals surface area contributed by atoms with Crippen molar-refractivity contribution in [3.8, 4) is 0 Å². The largest absolute Gasteiger partial charge is 0.308 e. The fourth-order valence-corrected chi connectivity index (χ4v) is 1.97. The van der Waals surface area contributed by atoms with Crippen molar-refractivity contribution < 1.29 is 0 Å². The molecule has 4 heteroatoms. The molecule has 0 unspecified atom stereocenters. The van der Waals surface area contributed by atoms with Gasteiger partial charge in [-0.1, -0.05) is 27.7 Å². The first-order valence-electron chi connectivity index (χ1n) is 6.29. The van der Waals surface area contributed by atoms with Crippen molar-refractivity contribution in [3.05, 3.63) is 17.1 Å². The van der Waals surface area contributed by atoms with Crippen molar-refractivity contribution >= 4 is 5.82 Å². The zero-order valence-electron chi connectivity index (χ0n) is 11.5. The Morgan fingerprint density at radius 2 is 1.82 bits per heavy atom. The topological polar surface area (TPSA) is 63.8 Å². The molecule has 0 bridgehead atoms. The van der Waals surface area contributed by atoms with Crippen LogP contribution in [-0.4, -0.2) is 9.97 Å². The highest BCUT2D eigenvalue weighted by atomic mass is 15.3. The Kier molecular flexibility index (Phi) is 4.87. The molecule has 0 spiro atoms. The van der Waals surface area contributed by atoms with Gasteiger partial charge >= 0.3 is 0 Å². The maximum atomic E-state index is 5.54. The van der Waals surface area contributed by atoms with Gasteiger partial charge in [0.1, 0.15) is 11.6 Å². The molecule has 4 nitrogen and oxygen atoms in total. The average molecular weight is 236 g/mol. The molecule has 0 amide bonds. The van der Waals surface area contributed by atoms with Crippen molar-refractivity contribution in [2.45, 2.75) is 53.4 Å².